The van der Waals surface area contributed by atoms with Crippen LogP contribution in [0.5, 0.6) is 0 Å². The third-order valence-electron chi connectivity index (χ3n) is 4.35. The molecule has 0 atom stereocenters. The van der Waals surface area contributed by atoms with E-state index in [1.54, 1.807) is 18.2 Å². The number of unbranched alkanes of at least 4 members (excludes halogenated alkanes) is 1. The summed E-state index contributed by atoms with van der Waals surface area (Å²) in [5.41, 5.74) is 9.52. The SMILES string of the molecule is NCCCCc1c(-c2ccccc2F)[nH]c2ccc(CC(=O)O)cc12. The maximum absolute atomic E-state index is 14.3. The number of fused-ring (bicyclic) bond motifs is 1. The maximum atomic E-state index is 14.3. The molecule has 1 heterocycles. The molecule has 4 nitrogen and oxygen atoms in total. The lowest BCUT2D eigenvalue weighted by atomic mass is 9.98. The van der Waals surface area contributed by atoms with Gasteiger partial charge >= 0.3 is 5.97 Å². The number of hydrogen-bond donors (Lipinski definition) is 3. The van der Waals surface area contributed by atoms with Crippen molar-refractivity contribution in [2.45, 2.75) is 25.7 Å². The minimum atomic E-state index is -0.867. The van der Waals surface area contributed by atoms with E-state index in [1.807, 2.05) is 18.2 Å². The molecule has 1 aromatic heterocycles. The molecule has 130 valence electrons. The molecule has 0 aliphatic carbocycles. The fraction of sp³-hybridized carbons (Fsp3) is 0.250. The predicted molar refractivity (Wildman–Crippen MR) is 97.0 cm³/mol. The summed E-state index contributed by atoms with van der Waals surface area (Å²) in [5, 5.41) is 9.98. The number of carboxylic acids is 1. The number of aryl methyl sites for hydroxylation is 1. The first-order chi connectivity index (χ1) is 12.1. The molecule has 3 aromatic rings. The monoisotopic (exact) mass is 340 g/mol. The van der Waals surface area contributed by atoms with Gasteiger partial charge in [0.2, 0.25) is 0 Å². The number of nitrogens with two attached hydrogens (primary N) is 1. The first-order valence-corrected chi connectivity index (χ1v) is 8.40. The minimum absolute atomic E-state index is 0.0294. The molecule has 0 aliphatic rings. The second kappa shape index (κ2) is 7.49. The molecule has 0 saturated heterocycles. The summed E-state index contributed by atoms with van der Waals surface area (Å²) in [6.45, 7) is 0.613. The third-order valence-corrected chi connectivity index (χ3v) is 4.35. The average molecular weight is 340 g/mol. The van der Waals surface area contributed by atoms with Crippen LogP contribution >= 0.6 is 0 Å². The minimum Gasteiger partial charge on any atom is -0.481 e. The van der Waals surface area contributed by atoms with Crippen LogP contribution in [0, 0.1) is 5.82 Å². The molecule has 4 N–H and O–H groups in total. The van der Waals surface area contributed by atoms with Crippen LogP contribution in [-0.2, 0) is 17.6 Å². The van der Waals surface area contributed by atoms with Crippen LogP contribution in [0.15, 0.2) is 42.5 Å². The van der Waals surface area contributed by atoms with Crippen molar-refractivity contribution in [1.29, 1.82) is 0 Å². The van der Waals surface area contributed by atoms with Crippen molar-refractivity contribution in [3.63, 3.8) is 0 Å². The molecule has 3 rings (SSSR count). The fourth-order valence-electron chi connectivity index (χ4n) is 3.18. The number of H-pyrrole nitrogens is 1. The number of benzene rings is 2. The van der Waals surface area contributed by atoms with Crippen LogP contribution < -0.4 is 5.73 Å². The van der Waals surface area contributed by atoms with Crippen LogP contribution in [0.4, 0.5) is 4.39 Å². The van der Waals surface area contributed by atoms with E-state index >= 15 is 0 Å². The number of carboxylic acid groups (broad SMARTS) is 1. The molecule has 0 fully saturated rings. The van der Waals surface area contributed by atoms with E-state index in [4.69, 9.17) is 10.8 Å². The Hall–Kier alpha value is -2.66. The highest BCUT2D eigenvalue weighted by Gasteiger charge is 2.16. The van der Waals surface area contributed by atoms with Crippen molar-refractivity contribution in [3.8, 4) is 11.3 Å². The first kappa shape index (κ1) is 17.2. The van der Waals surface area contributed by atoms with E-state index in [0.717, 1.165) is 47.0 Å². The molecule has 5 heteroatoms. The third kappa shape index (κ3) is 3.72. The number of hydrogen-bond acceptors (Lipinski definition) is 2. The van der Waals surface area contributed by atoms with Crippen molar-refractivity contribution < 1.29 is 14.3 Å². The van der Waals surface area contributed by atoms with Crippen molar-refractivity contribution in [3.05, 3.63) is 59.4 Å². The van der Waals surface area contributed by atoms with E-state index in [9.17, 15) is 9.18 Å². The lowest BCUT2D eigenvalue weighted by molar-refractivity contribution is -0.136. The summed E-state index contributed by atoms with van der Waals surface area (Å²) in [5.74, 6) is -1.14. The van der Waals surface area contributed by atoms with Crippen molar-refractivity contribution in [2.75, 3.05) is 6.54 Å². The van der Waals surface area contributed by atoms with Crippen LogP contribution in [-0.4, -0.2) is 22.6 Å². The number of aliphatic carboxylic acids is 1. The van der Waals surface area contributed by atoms with Gasteiger partial charge in [-0.05, 0) is 61.2 Å². The van der Waals surface area contributed by atoms with Gasteiger partial charge in [-0.1, -0.05) is 18.2 Å². The van der Waals surface area contributed by atoms with Gasteiger partial charge in [-0.2, -0.15) is 0 Å². The largest absolute Gasteiger partial charge is 0.481 e. The van der Waals surface area contributed by atoms with Crippen LogP contribution in [0.3, 0.4) is 0 Å². The molecular formula is C20H21FN2O2. The first-order valence-electron chi connectivity index (χ1n) is 8.40. The zero-order chi connectivity index (χ0) is 17.8. The van der Waals surface area contributed by atoms with E-state index < -0.39 is 5.97 Å². The van der Waals surface area contributed by atoms with Gasteiger partial charge in [0, 0.05) is 16.5 Å². The highest BCUT2D eigenvalue weighted by Crippen LogP contribution is 2.33. The van der Waals surface area contributed by atoms with E-state index in [1.165, 1.54) is 6.07 Å². The van der Waals surface area contributed by atoms with Gasteiger partial charge in [-0.25, -0.2) is 4.39 Å². The Kier molecular flexibility index (Phi) is 5.14. The molecular weight excluding hydrogens is 319 g/mol. The van der Waals surface area contributed by atoms with Gasteiger partial charge in [0.15, 0.2) is 0 Å². The smallest absolute Gasteiger partial charge is 0.307 e. The molecule has 0 unspecified atom stereocenters. The van der Waals surface area contributed by atoms with Crippen molar-refractivity contribution in [2.24, 2.45) is 5.73 Å². The zero-order valence-electron chi connectivity index (χ0n) is 13.9. The quantitative estimate of drug-likeness (QED) is 0.571. The molecule has 25 heavy (non-hydrogen) atoms. The number of rotatable bonds is 7. The summed E-state index contributed by atoms with van der Waals surface area (Å²) in [6.07, 6.45) is 2.52. The second-order valence-corrected chi connectivity index (χ2v) is 6.15. The maximum Gasteiger partial charge on any atom is 0.307 e. The number of aromatic nitrogens is 1. The molecule has 2 aromatic carbocycles. The van der Waals surface area contributed by atoms with Gasteiger partial charge in [0.1, 0.15) is 5.82 Å². The Bertz CT molecular complexity index is 902. The molecule has 0 aliphatic heterocycles. The van der Waals surface area contributed by atoms with E-state index in [2.05, 4.69) is 4.98 Å². The summed E-state index contributed by atoms with van der Waals surface area (Å²) >= 11 is 0. The fourth-order valence-corrected chi connectivity index (χ4v) is 3.18. The topological polar surface area (TPSA) is 79.1 Å². The highest BCUT2D eigenvalue weighted by atomic mass is 19.1. The molecule has 0 amide bonds. The Morgan fingerprint density at radius 2 is 1.96 bits per heavy atom. The van der Waals surface area contributed by atoms with E-state index in [0.29, 0.717) is 12.1 Å². The van der Waals surface area contributed by atoms with Gasteiger partial charge in [-0.15, -0.1) is 0 Å². The van der Waals surface area contributed by atoms with Crippen LogP contribution in [0.1, 0.15) is 24.0 Å². The Morgan fingerprint density at radius 3 is 2.68 bits per heavy atom. The Balaban J connectivity index is 2.13. The Morgan fingerprint density at radius 1 is 1.16 bits per heavy atom. The summed E-state index contributed by atoms with van der Waals surface area (Å²) < 4.78 is 14.3. The zero-order valence-corrected chi connectivity index (χ0v) is 13.9. The number of nitrogens with one attached hydrogen (secondary N) is 1. The summed E-state index contributed by atoms with van der Waals surface area (Å²) in [6, 6.07) is 12.2. The predicted octanol–water partition coefficient (Wildman–Crippen LogP) is 3.88. The lowest BCUT2D eigenvalue weighted by Gasteiger charge is -2.06. The summed E-state index contributed by atoms with van der Waals surface area (Å²) in [4.78, 5) is 14.3. The van der Waals surface area contributed by atoms with Crippen molar-refractivity contribution in [1.82, 2.24) is 4.98 Å². The standard InChI is InChI=1S/C20H21FN2O2/c21-17-7-2-1-6-15(17)20-14(5-3-4-10-22)16-11-13(12-19(24)25)8-9-18(16)23-20/h1-2,6-9,11,23H,3-5,10,12,22H2,(H,24,25). The van der Waals surface area contributed by atoms with Gasteiger partial charge in [0.25, 0.3) is 0 Å². The highest BCUT2D eigenvalue weighted by molar-refractivity contribution is 5.92. The molecule has 0 saturated carbocycles. The second-order valence-electron chi connectivity index (χ2n) is 6.15. The average Bonchev–Trinajstić information content (AvgIpc) is 2.93. The lowest BCUT2D eigenvalue weighted by Crippen LogP contribution is -2.00. The van der Waals surface area contributed by atoms with Crippen LogP contribution in [0.2, 0.25) is 0 Å². The molecule has 0 bridgehead atoms. The van der Waals surface area contributed by atoms with Gasteiger partial charge < -0.3 is 15.8 Å². The van der Waals surface area contributed by atoms with Gasteiger partial charge in [0.05, 0.1) is 12.1 Å². The number of aromatic amines is 1. The van der Waals surface area contributed by atoms with Crippen LogP contribution in [0.25, 0.3) is 22.2 Å². The Labute approximate surface area is 145 Å². The molecule has 0 spiro atoms. The summed E-state index contributed by atoms with van der Waals surface area (Å²) in [7, 11) is 0. The van der Waals surface area contributed by atoms with E-state index in [-0.39, 0.29) is 12.2 Å². The van der Waals surface area contributed by atoms with Gasteiger partial charge in [-0.3, -0.25) is 4.79 Å². The number of carbonyl (C=O) groups is 1. The normalized spacial score (nSPS) is 11.1. The number of halogens is 1. The molecule has 0 radical (unpaired) electrons. The van der Waals surface area contributed by atoms with Crippen molar-refractivity contribution >= 4 is 16.9 Å².